The van der Waals surface area contributed by atoms with Crippen molar-refractivity contribution in [2.45, 2.75) is 56.1 Å². The molecule has 4 N–H and O–H groups in total. The normalized spacial score (nSPS) is 28.2. The Bertz CT molecular complexity index is 1110. The number of carbonyl (C=O) groups excluding carboxylic acids is 1. The number of likely N-dealkylation sites (tertiary alicyclic amines) is 1. The Morgan fingerprint density at radius 2 is 2.00 bits per heavy atom. The smallest absolute Gasteiger partial charge is 0.275 e. The van der Waals surface area contributed by atoms with Crippen LogP contribution in [0.25, 0.3) is 11.0 Å². The molecule has 1 aliphatic carbocycles. The third-order valence-electron chi connectivity index (χ3n) is 6.40. The first-order valence-corrected chi connectivity index (χ1v) is 10.8. The number of carbonyl (C=O) groups is 1. The number of aromatic nitrogens is 4. The van der Waals surface area contributed by atoms with E-state index >= 15 is 0 Å². The number of aliphatic hydroxyl groups is 2. The van der Waals surface area contributed by atoms with Gasteiger partial charge in [0.15, 0.2) is 11.3 Å². The average Bonchev–Trinajstić information content (AvgIpc) is 3.41. The van der Waals surface area contributed by atoms with Crippen LogP contribution in [-0.2, 0) is 0 Å². The molecule has 1 saturated heterocycles. The van der Waals surface area contributed by atoms with E-state index in [1.807, 2.05) is 30.3 Å². The maximum absolute atomic E-state index is 14.4. The molecule has 0 spiro atoms. The van der Waals surface area contributed by atoms with Gasteiger partial charge in [-0.3, -0.25) is 9.89 Å². The van der Waals surface area contributed by atoms with Gasteiger partial charge in [0, 0.05) is 6.42 Å². The number of nitrogens with zero attached hydrogens (tertiary/aromatic N) is 4. The summed E-state index contributed by atoms with van der Waals surface area (Å²) in [6.45, 7) is -0.0171. The highest BCUT2D eigenvalue weighted by Gasteiger charge is 2.39. The molecule has 2 aromatic heterocycles. The topological polar surface area (TPSA) is 127 Å². The molecule has 32 heavy (non-hydrogen) atoms. The molecule has 168 valence electrons. The highest BCUT2D eigenvalue weighted by atomic mass is 19.1. The molecule has 5 atom stereocenters. The summed E-state index contributed by atoms with van der Waals surface area (Å²) in [6.07, 6.45) is 0.614. The van der Waals surface area contributed by atoms with Crippen LogP contribution in [0.15, 0.2) is 36.7 Å². The molecule has 10 heteroatoms. The Hall–Kier alpha value is -3.11. The van der Waals surface area contributed by atoms with E-state index in [0.717, 1.165) is 12.0 Å². The van der Waals surface area contributed by atoms with Crippen LogP contribution in [0.1, 0.15) is 47.8 Å². The van der Waals surface area contributed by atoms with Crippen molar-refractivity contribution in [3.8, 4) is 0 Å². The zero-order valence-electron chi connectivity index (χ0n) is 17.4. The molecule has 9 nitrogen and oxygen atoms in total. The average molecular weight is 440 g/mol. The van der Waals surface area contributed by atoms with Crippen molar-refractivity contribution >= 4 is 22.8 Å². The molecule has 1 amide bonds. The zero-order chi connectivity index (χ0) is 22.2. The fraction of sp³-hybridized carbons (Fsp3) is 0.455. The molecule has 1 aliphatic heterocycles. The molecule has 0 unspecified atom stereocenters. The number of amides is 1. The summed E-state index contributed by atoms with van der Waals surface area (Å²) in [5.74, 6) is -0.0650. The van der Waals surface area contributed by atoms with Gasteiger partial charge in [-0.2, -0.15) is 5.10 Å². The van der Waals surface area contributed by atoms with Crippen LogP contribution >= 0.6 is 0 Å². The number of benzene rings is 1. The third-order valence-corrected chi connectivity index (χ3v) is 6.40. The SMILES string of the molecule is O=C(c1n[nH]c2ncnc(N[C@@H]3CCC[C@@H](O)[C@H]3O)c12)N1C[C@@H](F)C[C@@H]1c1ccccc1. The van der Waals surface area contributed by atoms with E-state index < -0.39 is 30.3 Å². The summed E-state index contributed by atoms with van der Waals surface area (Å²) in [5.41, 5.74) is 1.34. The second-order valence-corrected chi connectivity index (χ2v) is 8.47. The van der Waals surface area contributed by atoms with Gasteiger partial charge in [-0.05, 0) is 24.8 Å². The van der Waals surface area contributed by atoms with Gasteiger partial charge in [-0.1, -0.05) is 30.3 Å². The van der Waals surface area contributed by atoms with Crippen LogP contribution in [0.3, 0.4) is 0 Å². The van der Waals surface area contributed by atoms with E-state index in [1.165, 1.54) is 11.2 Å². The number of halogens is 1. The van der Waals surface area contributed by atoms with E-state index in [2.05, 4.69) is 25.5 Å². The molecular weight excluding hydrogens is 415 g/mol. The van der Waals surface area contributed by atoms with Crippen molar-refractivity contribution < 1.29 is 19.4 Å². The van der Waals surface area contributed by atoms with Gasteiger partial charge in [0.1, 0.15) is 18.3 Å². The lowest BCUT2D eigenvalue weighted by atomic mass is 9.90. The first-order valence-electron chi connectivity index (χ1n) is 10.8. The number of anilines is 1. The summed E-state index contributed by atoms with van der Waals surface area (Å²) >= 11 is 0. The lowest BCUT2D eigenvalue weighted by Crippen LogP contribution is -2.45. The van der Waals surface area contributed by atoms with E-state index in [9.17, 15) is 19.4 Å². The van der Waals surface area contributed by atoms with E-state index in [-0.39, 0.29) is 24.7 Å². The molecule has 5 rings (SSSR count). The Morgan fingerprint density at radius 1 is 1.19 bits per heavy atom. The van der Waals surface area contributed by atoms with Crippen molar-refractivity contribution in [2.24, 2.45) is 0 Å². The van der Waals surface area contributed by atoms with Gasteiger partial charge in [0.05, 0.1) is 36.2 Å². The molecule has 3 aromatic rings. The second-order valence-electron chi connectivity index (χ2n) is 8.47. The molecular formula is C22H25FN6O3. The number of alkyl halides is 1. The first kappa shape index (κ1) is 20.8. The van der Waals surface area contributed by atoms with Gasteiger partial charge in [0.25, 0.3) is 5.91 Å². The number of hydrogen-bond donors (Lipinski definition) is 4. The maximum Gasteiger partial charge on any atom is 0.275 e. The maximum atomic E-state index is 14.4. The Kier molecular flexibility index (Phi) is 5.48. The molecule has 2 aliphatic rings. The number of hydrogen-bond acceptors (Lipinski definition) is 7. The fourth-order valence-electron chi connectivity index (χ4n) is 4.75. The summed E-state index contributed by atoms with van der Waals surface area (Å²) in [5, 5.41) is 30.9. The lowest BCUT2D eigenvalue weighted by molar-refractivity contribution is -0.0161. The number of rotatable bonds is 4. The van der Waals surface area contributed by atoms with Gasteiger partial charge in [-0.25, -0.2) is 14.4 Å². The minimum Gasteiger partial charge on any atom is -0.390 e. The van der Waals surface area contributed by atoms with Gasteiger partial charge in [0.2, 0.25) is 0 Å². The predicted molar refractivity (Wildman–Crippen MR) is 115 cm³/mol. The van der Waals surface area contributed by atoms with Crippen LogP contribution in [-0.4, -0.2) is 72.2 Å². The van der Waals surface area contributed by atoms with Crippen LogP contribution in [0.2, 0.25) is 0 Å². The molecule has 2 fully saturated rings. The first-order chi connectivity index (χ1) is 15.5. The number of fused-ring (bicyclic) bond motifs is 1. The zero-order valence-corrected chi connectivity index (χ0v) is 17.4. The largest absolute Gasteiger partial charge is 0.390 e. The lowest BCUT2D eigenvalue weighted by Gasteiger charge is -2.32. The summed E-state index contributed by atoms with van der Waals surface area (Å²) in [6, 6.07) is 8.58. The molecule has 1 saturated carbocycles. The van der Waals surface area contributed by atoms with Crippen molar-refractivity contribution in [3.05, 3.63) is 47.9 Å². The van der Waals surface area contributed by atoms with Gasteiger partial charge >= 0.3 is 0 Å². The van der Waals surface area contributed by atoms with Crippen LogP contribution < -0.4 is 5.32 Å². The minimum atomic E-state index is -1.12. The van der Waals surface area contributed by atoms with E-state index in [1.54, 1.807) is 0 Å². The van der Waals surface area contributed by atoms with Crippen molar-refractivity contribution in [1.82, 2.24) is 25.1 Å². The summed E-state index contributed by atoms with van der Waals surface area (Å²) < 4.78 is 14.4. The highest BCUT2D eigenvalue weighted by molar-refractivity contribution is 6.07. The highest BCUT2D eigenvalue weighted by Crippen LogP contribution is 2.36. The van der Waals surface area contributed by atoms with E-state index in [4.69, 9.17) is 0 Å². The molecule has 1 aromatic carbocycles. The predicted octanol–water partition coefficient (Wildman–Crippen LogP) is 1.96. The second kappa shape index (κ2) is 8.44. The Labute approximate surface area is 183 Å². The standard InChI is InChI=1S/C22H25FN6O3/c23-13-9-15(12-5-2-1-3-6-12)29(10-13)22(32)18-17-20(24-11-25-21(17)28-27-18)26-14-7-4-8-16(30)19(14)31/h1-3,5-6,11,13-16,19,30-31H,4,7-10H2,(H2,24,25,26,27,28)/t13-,14+,15+,16+,19-/m0/s1. The number of aliphatic hydroxyl groups excluding tert-OH is 2. The monoisotopic (exact) mass is 440 g/mol. The quantitative estimate of drug-likeness (QED) is 0.488. The Balaban J connectivity index is 1.48. The third kappa shape index (κ3) is 3.69. The summed E-state index contributed by atoms with van der Waals surface area (Å²) in [4.78, 5) is 23.5. The number of nitrogens with one attached hydrogen (secondary N) is 2. The van der Waals surface area contributed by atoms with Crippen molar-refractivity contribution in [1.29, 1.82) is 0 Å². The minimum absolute atomic E-state index is 0.0171. The van der Waals surface area contributed by atoms with Gasteiger partial charge < -0.3 is 20.4 Å². The van der Waals surface area contributed by atoms with Crippen LogP contribution in [0, 0.1) is 0 Å². The fourth-order valence-corrected chi connectivity index (χ4v) is 4.75. The van der Waals surface area contributed by atoms with Crippen molar-refractivity contribution in [3.63, 3.8) is 0 Å². The molecule has 0 bridgehead atoms. The van der Waals surface area contributed by atoms with Crippen LogP contribution in [0.5, 0.6) is 0 Å². The van der Waals surface area contributed by atoms with Gasteiger partial charge in [-0.15, -0.1) is 0 Å². The summed E-state index contributed by atoms with van der Waals surface area (Å²) in [7, 11) is 0. The Morgan fingerprint density at radius 3 is 2.81 bits per heavy atom. The van der Waals surface area contributed by atoms with Crippen LogP contribution in [0.4, 0.5) is 10.2 Å². The number of aromatic amines is 1. The number of H-pyrrole nitrogens is 1. The molecule has 3 heterocycles. The van der Waals surface area contributed by atoms with E-state index in [0.29, 0.717) is 29.7 Å². The van der Waals surface area contributed by atoms with Crippen molar-refractivity contribution in [2.75, 3.05) is 11.9 Å². The molecule has 0 radical (unpaired) electrons.